The number of aliphatic hydroxyl groups is 9. The zero-order chi connectivity index (χ0) is 34.7. The average Bonchev–Trinajstić information content (AvgIpc) is 3.04. The molecule has 0 spiro atoms. The standard InChI is InChI=1S/C29H44N2O15/c1-13(28(44)31-16(9-21(30)38)18(36)8-14-3-5-15(10-32)6-4-14)2-7-17(35)22(39)25(42)27(19(37)11-33)46-29-26(43)24(41)23(40)20(12-34)45-29/h3-6,13,16,19-20,22-27,29,32-34,37,39-43H,2,7-12H2,1H3,(H2,30,38)(H,31,44)/t13?,16?,19-,20-,22+,23+,24+,25+,26-,27+,29+/m1/s1. The molecule has 1 aliphatic heterocycles. The summed E-state index contributed by atoms with van der Waals surface area (Å²) < 4.78 is 10.4. The number of carbonyl (C=O) groups is 4. The highest BCUT2D eigenvalue weighted by Gasteiger charge is 2.47. The zero-order valence-corrected chi connectivity index (χ0v) is 25.2. The van der Waals surface area contributed by atoms with E-state index >= 15 is 0 Å². The lowest BCUT2D eigenvalue weighted by molar-refractivity contribution is -0.326. The molecule has 2 amide bonds. The van der Waals surface area contributed by atoms with Gasteiger partial charge in [0.1, 0.15) is 48.8 Å². The van der Waals surface area contributed by atoms with Gasteiger partial charge in [-0.25, -0.2) is 0 Å². The summed E-state index contributed by atoms with van der Waals surface area (Å²) >= 11 is 0. The van der Waals surface area contributed by atoms with Gasteiger partial charge in [-0.3, -0.25) is 19.2 Å². The largest absolute Gasteiger partial charge is 0.394 e. The van der Waals surface area contributed by atoms with E-state index in [9.17, 15) is 60.0 Å². The Morgan fingerprint density at radius 3 is 2.09 bits per heavy atom. The number of carbonyl (C=O) groups excluding carboxylic acids is 4. The number of benzene rings is 1. The summed E-state index contributed by atoms with van der Waals surface area (Å²) in [5.41, 5.74) is 6.45. The van der Waals surface area contributed by atoms with E-state index in [0.29, 0.717) is 11.1 Å². The SMILES string of the molecule is CC(CCC(=O)[C@H](O)[C@H](O)[C@@H](O[C@@H]1O[C@H](CO)[C@H](O)[C@H](O)[C@H]1O)[C@H](O)CO)C(=O)NC(CC(N)=O)C(=O)Cc1ccc(CO)cc1. The van der Waals surface area contributed by atoms with Gasteiger partial charge < -0.3 is 66.5 Å². The Bertz CT molecular complexity index is 1150. The van der Waals surface area contributed by atoms with Crippen LogP contribution in [0.5, 0.6) is 0 Å². The number of ketones is 2. The molecular weight excluding hydrogens is 616 g/mol. The van der Waals surface area contributed by atoms with Gasteiger partial charge in [-0.1, -0.05) is 31.2 Å². The molecule has 46 heavy (non-hydrogen) atoms. The number of nitrogens with two attached hydrogens (primary N) is 1. The Labute approximate surface area is 264 Å². The summed E-state index contributed by atoms with van der Waals surface area (Å²) in [6.07, 6.45) is -18.6. The monoisotopic (exact) mass is 660 g/mol. The minimum atomic E-state index is -2.24. The van der Waals surface area contributed by atoms with Crippen molar-refractivity contribution in [2.24, 2.45) is 11.7 Å². The van der Waals surface area contributed by atoms with Crippen LogP contribution in [0.15, 0.2) is 24.3 Å². The summed E-state index contributed by atoms with van der Waals surface area (Å²) in [7, 11) is 0. The van der Waals surface area contributed by atoms with E-state index in [0.717, 1.165) is 0 Å². The molecule has 11 atom stereocenters. The fraction of sp³-hybridized carbons (Fsp3) is 0.655. The molecule has 0 aromatic heterocycles. The lowest BCUT2D eigenvalue weighted by Crippen LogP contribution is -2.61. The van der Waals surface area contributed by atoms with Crippen molar-refractivity contribution in [1.29, 1.82) is 0 Å². The van der Waals surface area contributed by atoms with Crippen molar-refractivity contribution < 1.29 is 74.6 Å². The van der Waals surface area contributed by atoms with Gasteiger partial charge in [-0.15, -0.1) is 0 Å². The molecule has 17 heteroatoms. The summed E-state index contributed by atoms with van der Waals surface area (Å²) in [6, 6.07) is 5.18. The maximum Gasteiger partial charge on any atom is 0.223 e. The number of aliphatic hydroxyl groups excluding tert-OH is 9. The van der Waals surface area contributed by atoms with Crippen LogP contribution in [-0.2, 0) is 41.7 Å². The van der Waals surface area contributed by atoms with Crippen LogP contribution in [0.25, 0.3) is 0 Å². The molecule has 0 aliphatic carbocycles. The van der Waals surface area contributed by atoms with Gasteiger partial charge in [-0.05, 0) is 17.5 Å². The van der Waals surface area contributed by atoms with Crippen molar-refractivity contribution in [3.63, 3.8) is 0 Å². The van der Waals surface area contributed by atoms with Gasteiger partial charge in [0.25, 0.3) is 0 Å². The predicted octanol–water partition coefficient (Wildman–Crippen LogP) is -5.10. The van der Waals surface area contributed by atoms with Crippen molar-refractivity contribution in [3.8, 4) is 0 Å². The second-order valence-corrected chi connectivity index (χ2v) is 11.2. The lowest BCUT2D eigenvalue weighted by atomic mass is 9.94. The highest BCUT2D eigenvalue weighted by molar-refractivity contribution is 5.94. The van der Waals surface area contributed by atoms with Crippen LogP contribution in [0.3, 0.4) is 0 Å². The van der Waals surface area contributed by atoms with Crippen LogP contribution in [0.2, 0.25) is 0 Å². The topological polar surface area (TPSA) is 307 Å². The van der Waals surface area contributed by atoms with Crippen LogP contribution < -0.4 is 11.1 Å². The molecule has 2 rings (SSSR count). The van der Waals surface area contributed by atoms with E-state index in [1.165, 1.54) is 6.92 Å². The van der Waals surface area contributed by atoms with Crippen molar-refractivity contribution >= 4 is 23.4 Å². The van der Waals surface area contributed by atoms with Gasteiger partial charge >= 0.3 is 0 Å². The Morgan fingerprint density at radius 2 is 1.54 bits per heavy atom. The third-order valence-corrected chi connectivity index (χ3v) is 7.66. The quantitative estimate of drug-likeness (QED) is 0.0661. The number of ether oxygens (including phenoxy) is 2. The van der Waals surface area contributed by atoms with Crippen molar-refractivity contribution in [3.05, 3.63) is 35.4 Å². The molecule has 1 aromatic carbocycles. The molecule has 1 fully saturated rings. The van der Waals surface area contributed by atoms with Crippen LogP contribution in [0.1, 0.15) is 37.3 Å². The van der Waals surface area contributed by atoms with Crippen molar-refractivity contribution in [2.75, 3.05) is 13.2 Å². The smallest absolute Gasteiger partial charge is 0.223 e. The third kappa shape index (κ3) is 10.8. The Balaban J connectivity index is 2.01. The minimum absolute atomic E-state index is 0.146. The minimum Gasteiger partial charge on any atom is -0.394 e. The molecule has 2 unspecified atom stereocenters. The van der Waals surface area contributed by atoms with Crippen LogP contribution in [0.4, 0.5) is 0 Å². The van der Waals surface area contributed by atoms with E-state index in [-0.39, 0.29) is 19.4 Å². The molecule has 0 saturated carbocycles. The number of Topliss-reactive ketones (excluding diaryl/α,β-unsaturated/α-hetero) is 2. The van der Waals surface area contributed by atoms with Crippen molar-refractivity contribution in [2.45, 2.75) is 100 Å². The number of primary amides is 1. The van der Waals surface area contributed by atoms with E-state index in [1.807, 2.05) is 0 Å². The molecule has 1 saturated heterocycles. The summed E-state index contributed by atoms with van der Waals surface area (Å²) in [5.74, 6) is -4.03. The van der Waals surface area contributed by atoms with E-state index in [4.69, 9.17) is 20.3 Å². The van der Waals surface area contributed by atoms with Crippen LogP contribution in [0, 0.1) is 5.92 Å². The van der Waals surface area contributed by atoms with E-state index < -0.39 is 117 Å². The first-order valence-corrected chi connectivity index (χ1v) is 14.6. The molecule has 1 heterocycles. The second-order valence-electron chi connectivity index (χ2n) is 11.2. The maximum atomic E-state index is 12.9. The molecule has 1 aromatic rings. The Hall–Kier alpha value is -2.94. The van der Waals surface area contributed by atoms with E-state index in [2.05, 4.69) is 5.32 Å². The summed E-state index contributed by atoms with van der Waals surface area (Å²) in [5, 5.41) is 91.8. The van der Waals surface area contributed by atoms with Gasteiger partial charge in [0.2, 0.25) is 11.8 Å². The first kappa shape index (κ1) is 39.2. The summed E-state index contributed by atoms with van der Waals surface area (Å²) in [4.78, 5) is 50.0. The first-order chi connectivity index (χ1) is 21.6. The number of amides is 2. The fourth-order valence-corrected chi connectivity index (χ4v) is 4.69. The molecule has 0 radical (unpaired) electrons. The molecule has 0 bridgehead atoms. The van der Waals surface area contributed by atoms with E-state index in [1.54, 1.807) is 24.3 Å². The lowest BCUT2D eigenvalue weighted by Gasteiger charge is -2.42. The highest BCUT2D eigenvalue weighted by atomic mass is 16.7. The highest BCUT2D eigenvalue weighted by Crippen LogP contribution is 2.25. The first-order valence-electron chi connectivity index (χ1n) is 14.6. The van der Waals surface area contributed by atoms with Crippen LogP contribution >= 0.6 is 0 Å². The summed E-state index contributed by atoms with van der Waals surface area (Å²) in [6.45, 7) is -0.641. The van der Waals surface area contributed by atoms with Gasteiger partial charge in [-0.2, -0.15) is 0 Å². The zero-order valence-electron chi connectivity index (χ0n) is 25.2. The molecule has 12 N–H and O–H groups in total. The molecule has 17 nitrogen and oxygen atoms in total. The normalized spacial score (nSPS) is 25.5. The Morgan fingerprint density at radius 1 is 0.935 bits per heavy atom. The third-order valence-electron chi connectivity index (χ3n) is 7.66. The second kappa shape index (κ2) is 18.4. The molecule has 260 valence electrons. The number of rotatable bonds is 19. The number of nitrogens with one attached hydrogen (secondary N) is 1. The van der Waals surface area contributed by atoms with Gasteiger partial charge in [0.05, 0.1) is 32.3 Å². The number of hydrogen-bond donors (Lipinski definition) is 11. The van der Waals surface area contributed by atoms with Crippen LogP contribution in [-0.4, -0.2) is 144 Å². The average molecular weight is 661 g/mol. The predicted molar refractivity (Wildman–Crippen MR) is 154 cm³/mol. The fourth-order valence-electron chi connectivity index (χ4n) is 4.69. The molecular formula is C29H44N2O15. The van der Waals surface area contributed by atoms with Gasteiger partial charge in [0.15, 0.2) is 17.9 Å². The van der Waals surface area contributed by atoms with Crippen molar-refractivity contribution in [1.82, 2.24) is 5.32 Å². The molecule has 1 aliphatic rings. The van der Waals surface area contributed by atoms with Gasteiger partial charge in [0, 0.05) is 18.8 Å². The number of hydrogen-bond acceptors (Lipinski definition) is 15. The Kier molecular flexibility index (Phi) is 15.7. The maximum absolute atomic E-state index is 12.9.